The predicted molar refractivity (Wildman–Crippen MR) is 102 cm³/mol. The van der Waals surface area contributed by atoms with Crippen LogP contribution in [0.1, 0.15) is 53.1 Å². The normalized spacial score (nSPS) is 17.8. The maximum Gasteiger partial charge on any atom is 0.251 e. The fraction of sp³-hybridized carbons (Fsp3) is 0.400. The molecule has 7 heteroatoms. The first-order chi connectivity index (χ1) is 13.0. The molecule has 1 aliphatic carbocycles. The number of pyridine rings is 1. The van der Waals surface area contributed by atoms with Gasteiger partial charge in [0, 0.05) is 37.6 Å². The smallest absolute Gasteiger partial charge is 0.251 e. The van der Waals surface area contributed by atoms with E-state index >= 15 is 0 Å². The van der Waals surface area contributed by atoms with Gasteiger partial charge in [-0.2, -0.15) is 4.31 Å². The fourth-order valence-corrected chi connectivity index (χ4v) is 4.90. The van der Waals surface area contributed by atoms with Crippen molar-refractivity contribution >= 4 is 15.9 Å². The number of aromatic nitrogens is 1. The van der Waals surface area contributed by atoms with Crippen LogP contribution >= 0.6 is 0 Å². The minimum atomic E-state index is -3.45. The van der Waals surface area contributed by atoms with Gasteiger partial charge in [0.2, 0.25) is 10.0 Å². The predicted octanol–water partition coefficient (Wildman–Crippen LogP) is 2.67. The Balaban J connectivity index is 1.39. The van der Waals surface area contributed by atoms with Crippen LogP contribution in [0.2, 0.25) is 0 Å². The zero-order valence-electron chi connectivity index (χ0n) is 15.1. The number of benzene rings is 1. The SMILES string of the molecule is O=C(NCc1cncc(C2CC2)c1)c1ccc(S(=O)(=O)N2CCCC2)cc1. The number of carbonyl (C=O) groups is 1. The zero-order valence-corrected chi connectivity index (χ0v) is 15.9. The zero-order chi connectivity index (χ0) is 18.9. The average Bonchev–Trinajstić information content (AvgIpc) is 3.39. The van der Waals surface area contributed by atoms with Crippen molar-refractivity contribution in [1.29, 1.82) is 0 Å². The van der Waals surface area contributed by atoms with Crippen molar-refractivity contribution in [2.24, 2.45) is 0 Å². The average molecular weight is 385 g/mol. The summed E-state index contributed by atoms with van der Waals surface area (Å²) in [5.41, 5.74) is 2.65. The fourth-order valence-electron chi connectivity index (χ4n) is 3.38. The van der Waals surface area contributed by atoms with Crippen molar-refractivity contribution in [3.63, 3.8) is 0 Å². The molecule has 0 atom stereocenters. The number of nitrogens with one attached hydrogen (secondary N) is 1. The summed E-state index contributed by atoms with van der Waals surface area (Å²) in [7, 11) is -3.45. The Morgan fingerprint density at radius 2 is 1.81 bits per heavy atom. The van der Waals surface area contributed by atoms with Crippen LogP contribution in [0.4, 0.5) is 0 Å². The lowest BCUT2D eigenvalue weighted by atomic mass is 10.1. The van der Waals surface area contributed by atoms with E-state index in [1.165, 1.54) is 34.8 Å². The van der Waals surface area contributed by atoms with E-state index in [0.29, 0.717) is 31.1 Å². The molecule has 0 spiro atoms. The quantitative estimate of drug-likeness (QED) is 0.829. The molecule has 1 aliphatic heterocycles. The minimum absolute atomic E-state index is 0.225. The van der Waals surface area contributed by atoms with Crippen molar-refractivity contribution in [3.8, 4) is 0 Å². The van der Waals surface area contributed by atoms with Gasteiger partial charge in [-0.1, -0.05) is 6.07 Å². The van der Waals surface area contributed by atoms with Crippen molar-refractivity contribution in [2.75, 3.05) is 13.1 Å². The molecule has 142 valence electrons. The highest BCUT2D eigenvalue weighted by Gasteiger charge is 2.27. The topological polar surface area (TPSA) is 79.4 Å². The molecule has 0 bridgehead atoms. The Bertz CT molecular complexity index is 931. The van der Waals surface area contributed by atoms with Crippen LogP contribution in [0.3, 0.4) is 0 Å². The summed E-state index contributed by atoms with van der Waals surface area (Å²) in [6.07, 6.45) is 7.88. The maximum absolute atomic E-state index is 12.5. The van der Waals surface area contributed by atoms with Crippen molar-refractivity contribution in [2.45, 2.75) is 43.0 Å². The highest BCUT2D eigenvalue weighted by atomic mass is 32.2. The second kappa shape index (κ2) is 7.40. The van der Waals surface area contributed by atoms with Gasteiger partial charge in [-0.15, -0.1) is 0 Å². The molecular weight excluding hydrogens is 362 g/mol. The van der Waals surface area contributed by atoms with E-state index in [9.17, 15) is 13.2 Å². The lowest BCUT2D eigenvalue weighted by Crippen LogP contribution is -2.28. The third-order valence-electron chi connectivity index (χ3n) is 5.14. The molecule has 2 aromatic rings. The highest BCUT2D eigenvalue weighted by molar-refractivity contribution is 7.89. The Labute approximate surface area is 159 Å². The van der Waals surface area contributed by atoms with Crippen molar-refractivity contribution in [3.05, 3.63) is 59.4 Å². The van der Waals surface area contributed by atoms with Gasteiger partial charge in [0.05, 0.1) is 4.90 Å². The largest absolute Gasteiger partial charge is 0.348 e. The summed E-state index contributed by atoms with van der Waals surface area (Å²) in [6.45, 7) is 1.54. The molecule has 6 nitrogen and oxygen atoms in total. The van der Waals surface area contributed by atoms with Crippen LogP contribution in [0, 0.1) is 0 Å². The Kier molecular flexibility index (Phi) is 4.97. The summed E-state index contributed by atoms with van der Waals surface area (Å²) in [5, 5.41) is 2.88. The van der Waals surface area contributed by atoms with Gasteiger partial charge in [-0.25, -0.2) is 8.42 Å². The van der Waals surface area contributed by atoms with Crippen LogP contribution in [0.15, 0.2) is 47.6 Å². The number of sulfonamides is 1. The molecule has 0 unspecified atom stereocenters. The van der Waals surface area contributed by atoms with Gasteiger partial charge >= 0.3 is 0 Å². The van der Waals surface area contributed by atoms with Crippen LogP contribution < -0.4 is 5.32 Å². The molecule has 2 aliphatic rings. The third kappa shape index (κ3) is 4.04. The molecular formula is C20H23N3O3S. The number of carbonyl (C=O) groups excluding carboxylic acids is 1. The summed E-state index contributed by atoms with van der Waals surface area (Å²) in [4.78, 5) is 16.9. The van der Waals surface area contributed by atoms with E-state index in [1.54, 1.807) is 18.3 Å². The van der Waals surface area contributed by atoms with E-state index < -0.39 is 10.0 Å². The monoisotopic (exact) mass is 385 g/mol. The number of hydrogen-bond donors (Lipinski definition) is 1. The van der Waals surface area contributed by atoms with Gasteiger partial charge in [0.1, 0.15) is 0 Å². The summed E-state index contributed by atoms with van der Waals surface area (Å²) in [5.74, 6) is 0.398. The molecule has 1 saturated heterocycles. The van der Waals surface area contributed by atoms with Crippen LogP contribution in [0.25, 0.3) is 0 Å². The summed E-state index contributed by atoms with van der Waals surface area (Å²) >= 11 is 0. The van der Waals surface area contributed by atoms with Crippen molar-refractivity contribution in [1.82, 2.24) is 14.6 Å². The van der Waals surface area contributed by atoms with Crippen molar-refractivity contribution < 1.29 is 13.2 Å². The minimum Gasteiger partial charge on any atom is -0.348 e. The van der Waals surface area contributed by atoms with Crippen LogP contribution in [-0.4, -0.2) is 36.7 Å². The first kappa shape index (κ1) is 18.1. The lowest BCUT2D eigenvalue weighted by molar-refractivity contribution is 0.0950. The van der Waals surface area contributed by atoms with E-state index in [-0.39, 0.29) is 10.8 Å². The number of hydrogen-bond acceptors (Lipinski definition) is 4. The van der Waals surface area contributed by atoms with E-state index in [4.69, 9.17) is 0 Å². The molecule has 1 amide bonds. The lowest BCUT2D eigenvalue weighted by Gasteiger charge is -2.15. The summed E-state index contributed by atoms with van der Waals surface area (Å²) < 4.78 is 26.6. The van der Waals surface area contributed by atoms with Crippen LogP contribution in [0.5, 0.6) is 0 Å². The van der Waals surface area contributed by atoms with Crippen LogP contribution in [-0.2, 0) is 16.6 Å². The van der Waals surface area contributed by atoms with E-state index in [2.05, 4.69) is 16.4 Å². The molecule has 1 aromatic heterocycles. The third-order valence-corrected chi connectivity index (χ3v) is 7.05. The standard InChI is InChI=1S/C20H23N3O3S/c24-20(22-13-15-11-18(14-21-12-15)16-3-4-16)17-5-7-19(8-6-17)27(25,26)23-9-1-2-10-23/h5-8,11-12,14,16H,1-4,9-10,13H2,(H,22,24). The molecule has 4 rings (SSSR count). The van der Waals surface area contributed by atoms with Gasteiger partial charge in [-0.3, -0.25) is 9.78 Å². The molecule has 2 heterocycles. The first-order valence-corrected chi connectivity index (χ1v) is 10.8. The highest BCUT2D eigenvalue weighted by Crippen LogP contribution is 2.39. The van der Waals surface area contributed by atoms with Gasteiger partial charge < -0.3 is 5.32 Å². The molecule has 27 heavy (non-hydrogen) atoms. The summed E-state index contributed by atoms with van der Waals surface area (Å²) in [6, 6.07) is 8.25. The molecule has 1 N–H and O–H groups in total. The Morgan fingerprint density at radius 1 is 1.11 bits per heavy atom. The van der Waals surface area contributed by atoms with E-state index in [1.807, 2.05) is 6.20 Å². The maximum atomic E-state index is 12.5. The molecule has 1 aromatic carbocycles. The molecule has 0 radical (unpaired) electrons. The number of nitrogens with zero attached hydrogens (tertiary/aromatic N) is 2. The molecule has 1 saturated carbocycles. The Hall–Kier alpha value is -2.25. The van der Waals surface area contributed by atoms with Gasteiger partial charge in [0.15, 0.2) is 0 Å². The second-order valence-corrected chi connectivity index (χ2v) is 9.16. The Morgan fingerprint density at radius 3 is 2.48 bits per heavy atom. The van der Waals surface area contributed by atoms with Gasteiger partial charge in [-0.05, 0) is 67.0 Å². The second-order valence-electron chi connectivity index (χ2n) is 7.22. The molecule has 2 fully saturated rings. The number of rotatable bonds is 6. The van der Waals surface area contributed by atoms with Gasteiger partial charge in [0.25, 0.3) is 5.91 Å². The first-order valence-electron chi connectivity index (χ1n) is 9.36. The van der Waals surface area contributed by atoms with E-state index in [0.717, 1.165) is 18.4 Å². The number of amides is 1.